The van der Waals surface area contributed by atoms with Crippen LogP contribution in [0.2, 0.25) is 10.0 Å². The SMILES string of the molecule is COc1cc(F)cc(C(F)(F)F)c1-c1ccc(CC(NC(=O)c2c(Cl)cccc2Cl)C(=O)O)c2ncccc12. The zero-order chi connectivity index (χ0) is 28.5. The number of halogens is 6. The summed E-state index contributed by atoms with van der Waals surface area (Å²) in [7, 11) is 1.12. The lowest BCUT2D eigenvalue weighted by Crippen LogP contribution is -2.42. The molecule has 6 nitrogen and oxygen atoms in total. The molecule has 1 aromatic heterocycles. The van der Waals surface area contributed by atoms with Crippen LogP contribution in [0.5, 0.6) is 5.75 Å². The summed E-state index contributed by atoms with van der Waals surface area (Å²) in [4.78, 5) is 29.1. The Morgan fingerprint density at radius 3 is 2.38 bits per heavy atom. The predicted molar refractivity (Wildman–Crippen MR) is 138 cm³/mol. The van der Waals surface area contributed by atoms with E-state index in [4.69, 9.17) is 27.9 Å². The van der Waals surface area contributed by atoms with Gasteiger partial charge in [0.25, 0.3) is 5.91 Å². The molecule has 1 atom stereocenters. The standard InChI is InChI=1S/C27H18Cl2F4N2O4/c1-39-21-12-14(30)11-17(27(31,32)33)22(21)15-8-7-13(24-16(15)4-3-9-34-24)10-20(26(37)38)35-25(36)23-18(28)5-2-6-19(23)29/h2-9,11-12,20H,10H2,1H3,(H,35,36)(H,37,38). The largest absolute Gasteiger partial charge is 0.496 e. The third kappa shape index (κ3) is 5.76. The van der Waals surface area contributed by atoms with E-state index in [0.29, 0.717) is 11.6 Å². The van der Waals surface area contributed by atoms with Gasteiger partial charge in [-0.15, -0.1) is 0 Å². The number of aliphatic carboxylic acids is 1. The van der Waals surface area contributed by atoms with Gasteiger partial charge in [-0.1, -0.05) is 47.5 Å². The van der Waals surface area contributed by atoms with Crippen LogP contribution < -0.4 is 10.1 Å². The van der Waals surface area contributed by atoms with E-state index < -0.39 is 41.0 Å². The van der Waals surface area contributed by atoms with Crippen molar-refractivity contribution in [1.29, 1.82) is 0 Å². The van der Waals surface area contributed by atoms with Crippen molar-refractivity contribution in [1.82, 2.24) is 10.3 Å². The number of nitrogens with one attached hydrogen (secondary N) is 1. The van der Waals surface area contributed by atoms with Gasteiger partial charge >= 0.3 is 12.1 Å². The van der Waals surface area contributed by atoms with Gasteiger partial charge in [-0.3, -0.25) is 9.78 Å². The number of hydrogen-bond donors (Lipinski definition) is 2. The third-order valence-electron chi connectivity index (χ3n) is 5.93. The molecule has 0 saturated carbocycles. The van der Waals surface area contributed by atoms with Crippen LogP contribution >= 0.6 is 23.2 Å². The van der Waals surface area contributed by atoms with Crippen LogP contribution in [0.1, 0.15) is 21.5 Å². The number of carboxylic acid groups (broad SMARTS) is 1. The van der Waals surface area contributed by atoms with Crippen molar-refractivity contribution in [3.63, 3.8) is 0 Å². The smallest absolute Gasteiger partial charge is 0.417 e. The highest BCUT2D eigenvalue weighted by molar-refractivity contribution is 6.39. The third-order valence-corrected chi connectivity index (χ3v) is 6.56. The van der Waals surface area contributed by atoms with E-state index >= 15 is 0 Å². The minimum atomic E-state index is -4.91. The quantitative estimate of drug-likeness (QED) is 0.235. The number of hydrogen-bond acceptors (Lipinski definition) is 4. The monoisotopic (exact) mass is 580 g/mol. The van der Waals surface area contributed by atoms with Crippen LogP contribution in [0.25, 0.3) is 22.0 Å². The number of carboxylic acids is 1. The first-order valence-corrected chi connectivity index (χ1v) is 12.0. The lowest BCUT2D eigenvalue weighted by molar-refractivity contribution is -0.139. The minimum absolute atomic E-state index is 0.0225. The second kappa shape index (κ2) is 11.1. The fourth-order valence-corrected chi connectivity index (χ4v) is 4.79. The zero-order valence-electron chi connectivity index (χ0n) is 19.9. The Kier molecular flexibility index (Phi) is 7.99. The Morgan fingerprint density at radius 2 is 1.77 bits per heavy atom. The summed E-state index contributed by atoms with van der Waals surface area (Å²) in [5, 5.41) is 12.5. The highest BCUT2D eigenvalue weighted by atomic mass is 35.5. The maximum Gasteiger partial charge on any atom is 0.417 e. The molecule has 0 spiro atoms. The van der Waals surface area contributed by atoms with Crippen LogP contribution in [-0.2, 0) is 17.4 Å². The summed E-state index contributed by atoms with van der Waals surface area (Å²) in [6, 6.07) is 9.87. The summed E-state index contributed by atoms with van der Waals surface area (Å²) in [6.07, 6.45) is -3.79. The lowest BCUT2D eigenvalue weighted by atomic mass is 9.91. The first-order chi connectivity index (χ1) is 18.4. The molecule has 39 heavy (non-hydrogen) atoms. The summed E-state index contributed by atoms with van der Waals surface area (Å²) in [5.74, 6) is -3.66. The fraction of sp³-hybridized carbons (Fsp3) is 0.148. The molecule has 1 amide bonds. The number of carbonyl (C=O) groups excluding carboxylic acids is 1. The Hall–Kier alpha value is -3.89. The summed E-state index contributed by atoms with van der Waals surface area (Å²) in [5.41, 5.74) is -1.19. The van der Waals surface area contributed by atoms with E-state index in [2.05, 4.69) is 10.3 Å². The maximum absolute atomic E-state index is 14.0. The van der Waals surface area contributed by atoms with Gasteiger partial charge in [0, 0.05) is 29.6 Å². The Morgan fingerprint density at radius 1 is 1.08 bits per heavy atom. The number of amides is 1. The molecule has 12 heteroatoms. The molecular weight excluding hydrogens is 563 g/mol. The normalized spacial score (nSPS) is 12.3. The highest BCUT2D eigenvalue weighted by Gasteiger charge is 2.37. The number of methoxy groups -OCH3 is 1. The number of ether oxygens (including phenoxy) is 1. The second-order valence-electron chi connectivity index (χ2n) is 8.37. The van der Waals surface area contributed by atoms with Crippen molar-refractivity contribution in [3.05, 3.63) is 93.3 Å². The van der Waals surface area contributed by atoms with E-state index in [9.17, 15) is 32.3 Å². The number of fused-ring (bicyclic) bond motifs is 1. The van der Waals surface area contributed by atoms with Crippen LogP contribution in [0, 0.1) is 5.82 Å². The van der Waals surface area contributed by atoms with Crippen molar-refractivity contribution in [2.24, 2.45) is 0 Å². The van der Waals surface area contributed by atoms with Crippen molar-refractivity contribution >= 4 is 46.0 Å². The van der Waals surface area contributed by atoms with Gasteiger partial charge in [0.1, 0.15) is 17.6 Å². The number of pyridine rings is 1. The average molecular weight is 581 g/mol. The molecule has 0 aliphatic rings. The molecular formula is C27H18Cl2F4N2O4. The average Bonchev–Trinajstić information content (AvgIpc) is 2.87. The summed E-state index contributed by atoms with van der Waals surface area (Å²) < 4.78 is 60.9. The van der Waals surface area contributed by atoms with Gasteiger partial charge in [-0.25, -0.2) is 9.18 Å². The molecule has 4 aromatic rings. The molecule has 1 unspecified atom stereocenters. The van der Waals surface area contributed by atoms with Gasteiger partial charge in [-0.05, 0) is 35.4 Å². The first kappa shape index (κ1) is 28.1. The molecule has 202 valence electrons. The Bertz CT molecular complexity index is 1570. The van der Waals surface area contributed by atoms with Crippen molar-refractivity contribution in [3.8, 4) is 16.9 Å². The molecule has 0 fully saturated rings. The zero-order valence-corrected chi connectivity index (χ0v) is 21.5. The Labute approximate surface area is 229 Å². The number of rotatable bonds is 7. The van der Waals surface area contributed by atoms with E-state index in [0.717, 1.165) is 13.2 Å². The topological polar surface area (TPSA) is 88.5 Å². The van der Waals surface area contributed by atoms with Crippen molar-refractivity contribution < 1.29 is 37.0 Å². The van der Waals surface area contributed by atoms with Crippen molar-refractivity contribution in [2.75, 3.05) is 7.11 Å². The number of alkyl halides is 3. The fourth-order valence-electron chi connectivity index (χ4n) is 4.22. The number of nitrogens with zero attached hydrogens (tertiary/aromatic N) is 1. The van der Waals surface area contributed by atoms with E-state index in [1.807, 2.05) is 0 Å². The number of aromatic nitrogens is 1. The van der Waals surface area contributed by atoms with Gasteiger partial charge in [0.2, 0.25) is 0 Å². The van der Waals surface area contributed by atoms with E-state index in [-0.39, 0.29) is 44.2 Å². The van der Waals surface area contributed by atoms with E-state index in [1.165, 1.54) is 48.7 Å². The molecule has 0 bridgehead atoms. The van der Waals surface area contributed by atoms with Crippen LogP contribution in [0.15, 0.2) is 60.8 Å². The van der Waals surface area contributed by atoms with Crippen LogP contribution in [0.4, 0.5) is 17.6 Å². The van der Waals surface area contributed by atoms with Crippen molar-refractivity contribution in [2.45, 2.75) is 18.6 Å². The molecule has 2 N–H and O–H groups in total. The molecule has 3 aromatic carbocycles. The maximum atomic E-state index is 14.0. The first-order valence-electron chi connectivity index (χ1n) is 11.2. The van der Waals surface area contributed by atoms with Gasteiger partial charge in [0.15, 0.2) is 0 Å². The Balaban J connectivity index is 1.80. The summed E-state index contributed by atoms with van der Waals surface area (Å²) >= 11 is 12.1. The van der Waals surface area contributed by atoms with Gasteiger partial charge in [-0.2, -0.15) is 13.2 Å². The summed E-state index contributed by atoms with van der Waals surface area (Å²) in [6.45, 7) is 0. The minimum Gasteiger partial charge on any atom is -0.496 e. The molecule has 0 radical (unpaired) electrons. The van der Waals surface area contributed by atoms with Gasteiger partial charge in [0.05, 0.1) is 33.8 Å². The number of carbonyl (C=O) groups is 2. The molecule has 1 heterocycles. The van der Waals surface area contributed by atoms with E-state index in [1.54, 1.807) is 0 Å². The van der Waals surface area contributed by atoms with Crippen LogP contribution in [-0.4, -0.2) is 35.1 Å². The molecule has 0 saturated heterocycles. The van der Waals surface area contributed by atoms with Crippen LogP contribution in [0.3, 0.4) is 0 Å². The second-order valence-corrected chi connectivity index (χ2v) is 9.18. The predicted octanol–water partition coefficient (Wildman–Crippen LogP) is 6.80. The number of benzene rings is 3. The van der Waals surface area contributed by atoms with Gasteiger partial charge < -0.3 is 15.2 Å². The molecule has 4 rings (SSSR count). The highest BCUT2D eigenvalue weighted by Crippen LogP contribution is 2.45. The molecule has 0 aliphatic heterocycles. The lowest BCUT2D eigenvalue weighted by Gasteiger charge is -2.20. The molecule has 0 aliphatic carbocycles.